The molecule has 1 aliphatic rings. The highest BCUT2D eigenvalue weighted by atomic mass is 35.5. The molecule has 0 radical (unpaired) electrons. The number of hydrogen-bond donors (Lipinski definition) is 0. The first kappa shape index (κ1) is 20.8. The topological polar surface area (TPSA) is 46.6 Å². The Kier molecular flexibility index (Phi) is 6.70. The van der Waals surface area contributed by atoms with E-state index in [1.165, 1.54) is 4.90 Å². The minimum atomic E-state index is -0.348. The molecule has 1 aliphatic heterocycles. The molecule has 0 bridgehead atoms. The molecule has 2 amide bonds. The van der Waals surface area contributed by atoms with Crippen LogP contribution >= 0.6 is 35.0 Å². The fourth-order valence-corrected chi connectivity index (χ4v) is 3.90. The number of para-hydroxylation sites is 1. The Bertz CT molecular complexity index is 945. The van der Waals surface area contributed by atoms with Crippen molar-refractivity contribution < 1.29 is 14.3 Å². The van der Waals surface area contributed by atoms with E-state index in [1.807, 2.05) is 38.1 Å². The van der Waals surface area contributed by atoms with Crippen LogP contribution in [0.3, 0.4) is 0 Å². The SMILES string of the molecule is CCC(C)Oc1ccccc1/C=C1\SC(=O)N(Cc2ccc(Cl)cc2Cl)C1=O. The van der Waals surface area contributed by atoms with Crippen LogP contribution in [0.5, 0.6) is 5.75 Å². The van der Waals surface area contributed by atoms with Gasteiger partial charge in [-0.1, -0.05) is 54.4 Å². The molecular weight excluding hydrogens is 417 g/mol. The fraction of sp³-hybridized carbons (Fsp3) is 0.238. The van der Waals surface area contributed by atoms with Crippen molar-refractivity contribution in [3.63, 3.8) is 0 Å². The van der Waals surface area contributed by atoms with Crippen LogP contribution in [0, 0.1) is 0 Å². The van der Waals surface area contributed by atoms with Gasteiger partial charge in [0.05, 0.1) is 17.6 Å². The minimum absolute atomic E-state index is 0.0525. The van der Waals surface area contributed by atoms with Gasteiger partial charge in [-0.05, 0) is 54.9 Å². The van der Waals surface area contributed by atoms with Crippen LogP contribution in [-0.2, 0) is 11.3 Å². The number of amides is 2. The number of halogens is 2. The van der Waals surface area contributed by atoms with Gasteiger partial charge in [0.15, 0.2) is 0 Å². The number of carbonyl (C=O) groups is 2. The Balaban J connectivity index is 1.84. The van der Waals surface area contributed by atoms with Crippen molar-refractivity contribution in [1.29, 1.82) is 0 Å². The minimum Gasteiger partial charge on any atom is -0.490 e. The van der Waals surface area contributed by atoms with Gasteiger partial charge in [-0.2, -0.15) is 0 Å². The van der Waals surface area contributed by atoms with Crippen LogP contribution in [0.2, 0.25) is 10.0 Å². The van der Waals surface area contributed by atoms with E-state index < -0.39 is 0 Å². The van der Waals surface area contributed by atoms with Crippen LogP contribution in [0.15, 0.2) is 47.4 Å². The van der Waals surface area contributed by atoms with E-state index in [0.29, 0.717) is 26.3 Å². The lowest BCUT2D eigenvalue weighted by Crippen LogP contribution is -2.27. The van der Waals surface area contributed by atoms with Crippen LogP contribution in [-0.4, -0.2) is 22.2 Å². The average Bonchev–Trinajstić information content (AvgIpc) is 2.92. The van der Waals surface area contributed by atoms with Crippen molar-refractivity contribution in [2.45, 2.75) is 32.9 Å². The lowest BCUT2D eigenvalue weighted by atomic mass is 10.1. The van der Waals surface area contributed by atoms with E-state index in [9.17, 15) is 9.59 Å². The fourth-order valence-electron chi connectivity index (χ4n) is 2.60. The van der Waals surface area contributed by atoms with Gasteiger partial charge in [0, 0.05) is 15.6 Å². The first-order valence-electron chi connectivity index (χ1n) is 8.84. The second-order valence-corrected chi connectivity index (χ2v) is 8.21. The Hall–Kier alpha value is -1.95. The third-order valence-corrected chi connectivity index (χ3v) is 5.82. The van der Waals surface area contributed by atoms with Gasteiger partial charge in [0.25, 0.3) is 11.1 Å². The van der Waals surface area contributed by atoms with Crippen molar-refractivity contribution in [2.75, 3.05) is 0 Å². The molecule has 0 spiro atoms. The molecule has 4 nitrogen and oxygen atoms in total. The summed E-state index contributed by atoms with van der Waals surface area (Å²) in [5.41, 5.74) is 1.42. The molecule has 1 fully saturated rings. The van der Waals surface area contributed by atoms with Gasteiger partial charge in [0.2, 0.25) is 0 Å². The summed E-state index contributed by atoms with van der Waals surface area (Å²) in [4.78, 5) is 26.7. The molecule has 0 saturated carbocycles. The summed E-state index contributed by atoms with van der Waals surface area (Å²) in [6.45, 7) is 4.13. The molecule has 1 saturated heterocycles. The molecule has 146 valence electrons. The first-order chi connectivity index (χ1) is 13.4. The van der Waals surface area contributed by atoms with Crippen LogP contribution in [0.1, 0.15) is 31.4 Å². The van der Waals surface area contributed by atoms with Crippen molar-refractivity contribution in [1.82, 2.24) is 4.90 Å². The largest absolute Gasteiger partial charge is 0.490 e. The number of thioether (sulfide) groups is 1. The van der Waals surface area contributed by atoms with Gasteiger partial charge in [-0.25, -0.2) is 0 Å². The molecule has 2 aromatic rings. The van der Waals surface area contributed by atoms with Crippen molar-refractivity contribution in [3.8, 4) is 5.75 Å². The zero-order chi connectivity index (χ0) is 20.3. The smallest absolute Gasteiger partial charge is 0.293 e. The van der Waals surface area contributed by atoms with E-state index >= 15 is 0 Å². The highest BCUT2D eigenvalue weighted by Gasteiger charge is 2.35. The normalized spacial score (nSPS) is 16.7. The summed E-state index contributed by atoms with van der Waals surface area (Å²) in [6.07, 6.45) is 2.62. The van der Waals surface area contributed by atoms with Gasteiger partial charge in [-0.15, -0.1) is 0 Å². The summed E-state index contributed by atoms with van der Waals surface area (Å²) < 4.78 is 5.92. The molecule has 3 rings (SSSR count). The molecule has 2 aromatic carbocycles. The van der Waals surface area contributed by atoms with E-state index in [2.05, 4.69) is 0 Å². The maximum Gasteiger partial charge on any atom is 0.293 e. The average molecular weight is 436 g/mol. The third-order valence-electron chi connectivity index (χ3n) is 4.33. The maximum atomic E-state index is 12.8. The predicted molar refractivity (Wildman–Crippen MR) is 115 cm³/mol. The van der Waals surface area contributed by atoms with E-state index in [4.69, 9.17) is 27.9 Å². The molecule has 1 atom stereocenters. The molecule has 28 heavy (non-hydrogen) atoms. The highest BCUT2D eigenvalue weighted by molar-refractivity contribution is 8.18. The monoisotopic (exact) mass is 435 g/mol. The number of ether oxygens (including phenoxy) is 1. The zero-order valence-corrected chi connectivity index (χ0v) is 17.8. The summed E-state index contributed by atoms with van der Waals surface area (Å²) in [5.74, 6) is 0.337. The Morgan fingerprint density at radius 2 is 1.93 bits per heavy atom. The molecule has 7 heteroatoms. The van der Waals surface area contributed by atoms with E-state index in [-0.39, 0.29) is 23.8 Å². The molecular formula is C21H19Cl2NO3S. The number of carbonyl (C=O) groups excluding carboxylic acids is 2. The predicted octanol–water partition coefficient (Wildman–Crippen LogP) is 6.41. The Labute approximate surface area is 178 Å². The quantitative estimate of drug-likeness (QED) is 0.491. The van der Waals surface area contributed by atoms with E-state index in [1.54, 1.807) is 24.3 Å². The maximum absolute atomic E-state index is 12.8. The number of imide groups is 1. The number of rotatable bonds is 6. The second kappa shape index (κ2) is 9.03. The standard InChI is InChI=1S/C21H19Cl2NO3S/c1-3-13(2)27-18-7-5-4-6-14(18)10-19-20(25)24(21(26)28-19)12-15-8-9-16(22)11-17(15)23/h4-11,13H,3,12H2,1-2H3/b19-10-. The van der Waals surface area contributed by atoms with Crippen molar-refractivity contribution in [3.05, 3.63) is 68.5 Å². The summed E-state index contributed by atoms with van der Waals surface area (Å²) in [5, 5.41) is 0.589. The molecule has 0 aliphatic carbocycles. The summed E-state index contributed by atoms with van der Waals surface area (Å²) in [7, 11) is 0. The van der Waals surface area contributed by atoms with Crippen LogP contribution < -0.4 is 4.74 Å². The van der Waals surface area contributed by atoms with E-state index in [0.717, 1.165) is 23.7 Å². The van der Waals surface area contributed by atoms with Crippen LogP contribution in [0.4, 0.5) is 4.79 Å². The van der Waals surface area contributed by atoms with Crippen molar-refractivity contribution in [2.24, 2.45) is 0 Å². The Morgan fingerprint density at radius 1 is 1.18 bits per heavy atom. The van der Waals surface area contributed by atoms with Crippen molar-refractivity contribution >= 4 is 52.2 Å². The summed E-state index contributed by atoms with van der Waals surface area (Å²) >= 11 is 13.0. The first-order valence-corrected chi connectivity index (χ1v) is 10.4. The highest BCUT2D eigenvalue weighted by Crippen LogP contribution is 2.36. The van der Waals surface area contributed by atoms with Crippen LogP contribution in [0.25, 0.3) is 6.08 Å². The lowest BCUT2D eigenvalue weighted by molar-refractivity contribution is -0.123. The second-order valence-electron chi connectivity index (χ2n) is 6.38. The third kappa shape index (κ3) is 4.72. The Morgan fingerprint density at radius 3 is 2.64 bits per heavy atom. The van der Waals surface area contributed by atoms with Gasteiger partial charge in [-0.3, -0.25) is 14.5 Å². The molecule has 1 unspecified atom stereocenters. The van der Waals surface area contributed by atoms with Gasteiger partial charge >= 0.3 is 0 Å². The summed E-state index contributed by atoms with van der Waals surface area (Å²) in [6, 6.07) is 12.5. The molecule has 1 heterocycles. The van der Waals surface area contributed by atoms with Gasteiger partial charge in [0.1, 0.15) is 5.75 Å². The number of hydrogen-bond acceptors (Lipinski definition) is 4. The molecule has 0 aromatic heterocycles. The number of benzene rings is 2. The zero-order valence-electron chi connectivity index (χ0n) is 15.4. The lowest BCUT2D eigenvalue weighted by Gasteiger charge is -2.15. The van der Waals surface area contributed by atoms with Gasteiger partial charge < -0.3 is 4.74 Å². The number of nitrogens with zero attached hydrogens (tertiary/aromatic N) is 1. The molecule has 0 N–H and O–H groups in total.